The van der Waals surface area contributed by atoms with Gasteiger partial charge in [0.05, 0.1) is 13.2 Å². The van der Waals surface area contributed by atoms with Crippen LogP contribution in [0.15, 0.2) is 24.3 Å². The predicted octanol–water partition coefficient (Wildman–Crippen LogP) is 1.96. The number of aryl methyl sites for hydroxylation is 1. The maximum Gasteiger partial charge on any atom is 0.328 e. The number of carboxylic acids is 1. The molecule has 1 aromatic rings. The third kappa shape index (κ3) is 4.61. The van der Waals surface area contributed by atoms with Gasteiger partial charge < -0.3 is 20.1 Å². The van der Waals surface area contributed by atoms with E-state index < -0.39 is 5.97 Å². The number of morpholine rings is 1. The molecule has 1 aliphatic heterocycles. The van der Waals surface area contributed by atoms with Gasteiger partial charge in [-0.15, -0.1) is 0 Å². The number of urea groups is 1. The van der Waals surface area contributed by atoms with Crippen molar-refractivity contribution in [3.05, 3.63) is 35.4 Å². The van der Waals surface area contributed by atoms with Gasteiger partial charge in [-0.1, -0.05) is 6.07 Å². The molecule has 1 fully saturated rings. The van der Waals surface area contributed by atoms with Crippen LogP contribution in [0.3, 0.4) is 0 Å². The lowest BCUT2D eigenvalue weighted by molar-refractivity contribution is -0.131. The van der Waals surface area contributed by atoms with Crippen LogP contribution >= 0.6 is 0 Å². The molecule has 1 aliphatic rings. The van der Waals surface area contributed by atoms with Crippen molar-refractivity contribution in [1.82, 2.24) is 4.90 Å². The largest absolute Gasteiger partial charge is 0.478 e. The number of hydrogen-bond acceptors (Lipinski definition) is 3. The summed E-state index contributed by atoms with van der Waals surface area (Å²) in [6.45, 7) is 4.14. The number of carbonyl (C=O) groups is 2. The highest BCUT2D eigenvalue weighted by Gasteiger charge is 2.16. The van der Waals surface area contributed by atoms with E-state index in [1.807, 2.05) is 19.1 Å². The van der Waals surface area contributed by atoms with Gasteiger partial charge in [-0.05, 0) is 36.3 Å². The van der Waals surface area contributed by atoms with Crippen molar-refractivity contribution in [2.75, 3.05) is 31.6 Å². The van der Waals surface area contributed by atoms with Crippen molar-refractivity contribution >= 4 is 23.8 Å². The molecule has 0 unspecified atom stereocenters. The Labute approximate surface area is 123 Å². The number of amides is 2. The van der Waals surface area contributed by atoms with Crippen LogP contribution in [0, 0.1) is 6.92 Å². The summed E-state index contributed by atoms with van der Waals surface area (Å²) >= 11 is 0. The molecular weight excluding hydrogens is 272 g/mol. The molecule has 0 atom stereocenters. The Morgan fingerprint density at radius 1 is 1.29 bits per heavy atom. The van der Waals surface area contributed by atoms with E-state index in [-0.39, 0.29) is 6.03 Å². The average Bonchev–Trinajstić information content (AvgIpc) is 2.45. The molecule has 0 aliphatic carbocycles. The fourth-order valence-corrected chi connectivity index (χ4v) is 2.12. The van der Waals surface area contributed by atoms with Crippen molar-refractivity contribution in [3.63, 3.8) is 0 Å². The van der Waals surface area contributed by atoms with Gasteiger partial charge >= 0.3 is 12.0 Å². The standard InChI is InChI=1S/C15H18N2O4/c1-11-8-12(2-3-14(18)19)10-13(9-11)16-15(20)17-4-6-21-7-5-17/h2-3,8-10H,4-7H2,1H3,(H,16,20)(H,18,19)/b3-2+. The first-order valence-electron chi connectivity index (χ1n) is 6.71. The Hall–Kier alpha value is -2.34. The van der Waals surface area contributed by atoms with Crippen molar-refractivity contribution in [1.29, 1.82) is 0 Å². The number of hydrogen-bond donors (Lipinski definition) is 2. The molecule has 0 bridgehead atoms. The topological polar surface area (TPSA) is 78.9 Å². The smallest absolute Gasteiger partial charge is 0.328 e. The number of carboxylic acid groups (broad SMARTS) is 1. The summed E-state index contributed by atoms with van der Waals surface area (Å²) in [7, 11) is 0. The van der Waals surface area contributed by atoms with E-state index in [9.17, 15) is 9.59 Å². The summed E-state index contributed by atoms with van der Waals surface area (Å²) in [5, 5.41) is 11.5. The maximum atomic E-state index is 12.1. The Balaban J connectivity index is 2.08. The summed E-state index contributed by atoms with van der Waals surface area (Å²) in [6.07, 6.45) is 2.57. The van der Waals surface area contributed by atoms with E-state index in [4.69, 9.17) is 9.84 Å². The molecular formula is C15H18N2O4. The highest BCUT2D eigenvalue weighted by atomic mass is 16.5. The second-order valence-corrected chi connectivity index (χ2v) is 4.83. The van der Waals surface area contributed by atoms with Gasteiger partial charge in [0.1, 0.15) is 0 Å². The highest BCUT2D eigenvalue weighted by Crippen LogP contribution is 2.16. The Morgan fingerprint density at radius 2 is 2.00 bits per heavy atom. The minimum atomic E-state index is -1.00. The molecule has 0 radical (unpaired) electrons. The number of nitrogens with zero attached hydrogens (tertiary/aromatic N) is 1. The van der Waals surface area contributed by atoms with Crippen LogP contribution in [0.5, 0.6) is 0 Å². The van der Waals surface area contributed by atoms with Crippen LogP contribution in [0.25, 0.3) is 6.08 Å². The lowest BCUT2D eigenvalue weighted by atomic mass is 10.1. The van der Waals surface area contributed by atoms with Crippen LogP contribution in [-0.2, 0) is 9.53 Å². The molecule has 1 aromatic carbocycles. The fourth-order valence-electron chi connectivity index (χ4n) is 2.12. The fraction of sp³-hybridized carbons (Fsp3) is 0.333. The number of rotatable bonds is 3. The quantitative estimate of drug-likeness (QED) is 0.834. The first-order valence-corrected chi connectivity index (χ1v) is 6.71. The average molecular weight is 290 g/mol. The van der Waals surface area contributed by atoms with E-state index in [1.54, 1.807) is 11.0 Å². The monoisotopic (exact) mass is 290 g/mol. The van der Waals surface area contributed by atoms with E-state index >= 15 is 0 Å². The number of anilines is 1. The van der Waals surface area contributed by atoms with Gasteiger partial charge in [-0.25, -0.2) is 9.59 Å². The Bertz CT molecular complexity index is 563. The zero-order valence-electron chi connectivity index (χ0n) is 11.8. The zero-order valence-corrected chi connectivity index (χ0v) is 11.8. The molecule has 2 amide bonds. The van der Waals surface area contributed by atoms with Crippen LogP contribution in [0.1, 0.15) is 11.1 Å². The molecule has 112 valence electrons. The number of aliphatic carboxylic acids is 1. The van der Waals surface area contributed by atoms with Gasteiger partial charge in [-0.3, -0.25) is 0 Å². The van der Waals surface area contributed by atoms with Gasteiger partial charge in [0.25, 0.3) is 0 Å². The number of ether oxygens (including phenoxy) is 1. The Kier molecular flexibility index (Phi) is 4.94. The SMILES string of the molecule is Cc1cc(/C=C/C(=O)O)cc(NC(=O)N2CCOCC2)c1. The lowest BCUT2D eigenvalue weighted by Crippen LogP contribution is -2.43. The van der Waals surface area contributed by atoms with E-state index in [1.165, 1.54) is 6.08 Å². The minimum absolute atomic E-state index is 0.169. The van der Waals surface area contributed by atoms with Gasteiger partial charge in [0.15, 0.2) is 0 Å². The number of nitrogens with one attached hydrogen (secondary N) is 1. The first-order chi connectivity index (χ1) is 10.0. The minimum Gasteiger partial charge on any atom is -0.478 e. The van der Waals surface area contributed by atoms with Gasteiger partial charge in [0.2, 0.25) is 0 Å². The molecule has 6 nitrogen and oxygen atoms in total. The molecule has 6 heteroatoms. The van der Waals surface area contributed by atoms with Crippen molar-refractivity contribution in [2.24, 2.45) is 0 Å². The summed E-state index contributed by atoms with van der Waals surface area (Å²) < 4.78 is 5.21. The van der Waals surface area contributed by atoms with Crippen LogP contribution in [0.4, 0.5) is 10.5 Å². The molecule has 0 spiro atoms. The van der Waals surface area contributed by atoms with E-state index in [2.05, 4.69) is 5.32 Å². The molecule has 0 saturated carbocycles. The maximum absolute atomic E-state index is 12.1. The van der Waals surface area contributed by atoms with E-state index in [0.717, 1.165) is 17.2 Å². The Morgan fingerprint density at radius 3 is 2.67 bits per heavy atom. The first kappa shape index (κ1) is 15.1. The third-order valence-electron chi connectivity index (χ3n) is 3.07. The third-order valence-corrected chi connectivity index (χ3v) is 3.07. The predicted molar refractivity (Wildman–Crippen MR) is 79.3 cm³/mol. The molecule has 2 rings (SSSR count). The summed E-state index contributed by atoms with van der Waals surface area (Å²) in [4.78, 5) is 24.3. The van der Waals surface area contributed by atoms with Crippen molar-refractivity contribution < 1.29 is 19.4 Å². The summed E-state index contributed by atoms with van der Waals surface area (Å²) in [5.41, 5.74) is 2.33. The summed E-state index contributed by atoms with van der Waals surface area (Å²) in [6, 6.07) is 5.27. The van der Waals surface area contributed by atoms with Crippen molar-refractivity contribution in [2.45, 2.75) is 6.92 Å². The van der Waals surface area contributed by atoms with Crippen molar-refractivity contribution in [3.8, 4) is 0 Å². The lowest BCUT2D eigenvalue weighted by Gasteiger charge is -2.27. The summed E-state index contributed by atoms with van der Waals surface area (Å²) in [5.74, 6) is -1.00. The zero-order chi connectivity index (χ0) is 15.2. The number of benzene rings is 1. The second-order valence-electron chi connectivity index (χ2n) is 4.83. The van der Waals surface area contributed by atoms with Crippen LogP contribution in [0.2, 0.25) is 0 Å². The van der Waals surface area contributed by atoms with Gasteiger partial charge in [0, 0.05) is 24.9 Å². The highest BCUT2D eigenvalue weighted by molar-refractivity contribution is 5.90. The normalized spacial score (nSPS) is 15.2. The second kappa shape index (κ2) is 6.90. The molecule has 1 saturated heterocycles. The van der Waals surface area contributed by atoms with Crippen LogP contribution < -0.4 is 5.32 Å². The van der Waals surface area contributed by atoms with E-state index in [0.29, 0.717) is 32.0 Å². The molecule has 1 heterocycles. The molecule has 2 N–H and O–H groups in total. The van der Waals surface area contributed by atoms with Crippen LogP contribution in [-0.4, -0.2) is 48.3 Å². The molecule has 0 aromatic heterocycles. The van der Waals surface area contributed by atoms with Gasteiger partial charge in [-0.2, -0.15) is 0 Å². The number of carbonyl (C=O) groups excluding carboxylic acids is 1. The molecule has 21 heavy (non-hydrogen) atoms.